The molecule has 1 aromatic heterocycles. The standard InChI is InChI=1S/C16H20N2OS/c1-2-12-9-10-20-15(12)11-18-16(19)8-7-13-5-3-4-6-14(13)17/h3-6,9-10H,2,7-8,11,17H2,1H3,(H,18,19). The van der Waals surface area contributed by atoms with E-state index >= 15 is 0 Å². The molecule has 2 aromatic rings. The molecule has 0 aliphatic carbocycles. The lowest BCUT2D eigenvalue weighted by molar-refractivity contribution is -0.121. The number of carbonyl (C=O) groups excluding carboxylic acids is 1. The molecule has 0 aliphatic rings. The number of aryl methyl sites for hydroxylation is 2. The zero-order valence-electron chi connectivity index (χ0n) is 11.7. The largest absolute Gasteiger partial charge is 0.399 e. The Morgan fingerprint density at radius 2 is 2.05 bits per heavy atom. The minimum atomic E-state index is 0.0729. The third-order valence-electron chi connectivity index (χ3n) is 3.34. The Morgan fingerprint density at radius 3 is 2.80 bits per heavy atom. The lowest BCUT2D eigenvalue weighted by Gasteiger charge is -2.07. The molecule has 0 fully saturated rings. The van der Waals surface area contributed by atoms with Gasteiger partial charge >= 0.3 is 0 Å². The van der Waals surface area contributed by atoms with Crippen molar-refractivity contribution < 1.29 is 4.79 Å². The van der Waals surface area contributed by atoms with Gasteiger partial charge in [-0.3, -0.25) is 4.79 Å². The monoisotopic (exact) mass is 288 g/mol. The third kappa shape index (κ3) is 3.84. The predicted octanol–water partition coefficient (Wildman–Crippen LogP) is 3.14. The van der Waals surface area contributed by atoms with Gasteiger partial charge in [0, 0.05) is 17.0 Å². The van der Waals surface area contributed by atoms with Crippen LogP contribution in [0.5, 0.6) is 0 Å². The summed E-state index contributed by atoms with van der Waals surface area (Å²) in [7, 11) is 0. The fraction of sp³-hybridized carbons (Fsp3) is 0.312. The Hall–Kier alpha value is -1.81. The fourth-order valence-electron chi connectivity index (χ4n) is 2.11. The molecule has 0 radical (unpaired) electrons. The first-order valence-corrected chi connectivity index (χ1v) is 7.74. The number of nitrogens with one attached hydrogen (secondary N) is 1. The summed E-state index contributed by atoms with van der Waals surface area (Å²) in [4.78, 5) is 13.1. The summed E-state index contributed by atoms with van der Waals surface area (Å²) in [5.41, 5.74) is 8.98. The van der Waals surface area contributed by atoms with E-state index in [4.69, 9.17) is 5.73 Å². The molecule has 4 heteroatoms. The second-order valence-electron chi connectivity index (χ2n) is 4.70. The van der Waals surface area contributed by atoms with Crippen LogP contribution < -0.4 is 11.1 Å². The van der Waals surface area contributed by atoms with Gasteiger partial charge in [0.15, 0.2) is 0 Å². The van der Waals surface area contributed by atoms with Crippen LogP contribution in [0.25, 0.3) is 0 Å². The minimum Gasteiger partial charge on any atom is -0.399 e. The zero-order chi connectivity index (χ0) is 14.4. The van der Waals surface area contributed by atoms with Crippen LogP contribution in [0.1, 0.15) is 29.3 Å². The third-order valence-corrected chi connectivity index (χ3v) is 4.30. The number of thiophene rings is 1. The molecular formula is C16H20N2OS. The van der Waals surface area contributed by atoms with E-state index in [1.165, 1.54) is 10.4 Å². The maximum absolute atomic E-state index is 11.9. The maximum atomic E-state index is 11.9. The number of hydrogen-bond donors (Lipinski definition) is 2. The van der Waals surface area contributed by atoms with Crippen molar-refractivity contribution in [3.63, 3.8) is 0 Å². The molecule has 0 bridgehead atoms. The van der Waals surface area contributed by atoms with Crippen molar-refractivity contribution >= 4 is 22.9 Å². The molecule has 3 nitrogen and oxygen atoms in total. The number of para-hydroxylation sites is 1. The Kier molecular flexibility index (Phi) is 5.18. The average molecular weight is 288 g/mol. The second kappa shape index (κ2) is 7.10. The van der Waals surface area contributed by atoms with E-state index in [0.717, 1.165) is 17.7 Å². The summed E-state index contributed by atoms with van der Waals surface area (Å²) in [6, 6.07) is 9.81. The Labute approximate surface area is 123 Å². The van der Waals surface area contributed by atoms with E-state index in [1.807, 2.05) is 24.3 Å². The molecule has 20 heavy (non-hydrogen) atoms. The van der Waals surface area contributed by atoms with Gasteiger partial charge in [-0.1, -0.05) is 25.1 Å². The van der Waals surface area contributed by atoms with Gasteiger partial charge < -0.3 is 11.1 Å². The number of carbonyl (C=O) groups is 1. The molecule has 0 aliphatic heterocycles. The first kappa shape index (κ1) is 14.6. The molecule has 0 atom stereocenters. The summed E-state index contributed by atoms with van der Waals surface area (Å²) in [6.45, 7) is 2.76. The number of nitrogen functional groups attached to an aromatic ring is 1. The van der Waals surface area contributed by atoms with Crippen LogP contribution in [0.3, 0.4) is 0 Å². The van der Waals surface area contributed by atoms with Gasteiger partial charge in [0.25, 0.3) is 0 Å². The highest BCUT2D eigenvalue weighted by Crippen LogP contribution is 2.17. The van der Waals surface area contributed by atoms with Crippen LogP contribution in [0, 0.1) is 0 Å². The fourth-order valence-corrected chi connectivity index (χ4v) is 3.03. The van der Waals surface area contributed by atoms with Crippen molar-refractivity contribution in [2.45, 2.75) is 32.7 Å². The van der Waals surface area contributed by atoms with E-state index in [1.54, 1.807) is 11.3 Å². The molecule has 0 spiro atoms. The van der Waals surface area contributed by atoms with Crippen molar-refractivity contribution in [3.8, 4) is 0 Å². The van der Waals surface area contributed by atoms with E-state index in [0.29, 0.717) is 19.4 Å². The first-order valence-electron chi connectivity index (χ1n) is 6.86. The topological polar surface area (TPSA) is 55.1 Å². The van der Waals surface area contributed by atoms with Crippen LogP contribution in [0.4, 0.5) is 5.69 Å². The maximum Gasteiger partial charge on any atom is 0.220 e. The summed E-state index contributed by atoms with van der Waals surface area (Å²) in [6.07, 6.45) is 2.17. The molecule has 3 N–H and O–H groups in total. The van der Waals surface area contributed by atoms with E-state index < -0.39 is 0 Å². The van der Waals surface area contributed by atoms with Crippen molar-refractivity contribution in [3.05, 3.63) is 51.7 Å². The van der Waals surface area contributed by atoms with Crippen LogP contribution in [-0.4, -0.2) is 5.91 Å². The van der Waals surface area contributed by atoms with Crippen LogP contribution in [-0.2, 0) is 24.2 Å². The highest BCUT2D eigenvalue weighted by molar-refractivity contribution is 7.10. The zero-order valence-corrected chi connectivity index (χ0v) is 12.5. The lowest BCUT2D eigenvalue weighted by atomic mass is 10.1. The second-order valence-corrected chi connectivity index (χ2v) is 5.70. The summed E-state index contributed by atoms with van der Waals surface area (Å²) in [5.74, 6) is 0.0729. The number of hydrogen-bond acceptors (Lipinski definition) is 3. The molecule has 2 rings (SSSR count). The number of anilines is 1. The average Bonchev–Trinajstić information content (AvgIpc) is 2.91. The Balaban J connectivity index is 1.80. The molecule has 0 saturated heterocycles. The van der Waals surface area contributed by atoms with Crippen molar-refractivity contribution in [2.75, 3.05) is 5.73 Å². The number of amides is 1. The molecule has 1 amide bonds. The molecule has 1 heterocycles. The van der Waals surface area contributed by atoms with Gasteiger partial charge in [0.1, 0.15) is 0 Å². The first-order chi connectivity index (χ1) is 9.70. The Bertz CT molecular complexity index is 577. The van der Waals surface area contributed by atoms with E-state index in [9.17, 15) is 4.79 Å². The van der Waals surface area contributed by atoms with Crippen molar-refractivity contribution in [2.24, 2.45) is 0 Å². The van der Waals surface area contributed by atoms with E-state index in [2.05, 4.69) is 23.7 Å². The quantitative estimate of drug-likeness (QED) is 0.802. The molecule has 106 valence electrons. The lowest BCUT2D eigenvalue weighted by Crippen LogP contribution is -2.23. The van der Waals surface area contributed by atoms with Crippen molar-refractivity contribution in [1.29, 1.82) is 0 Å². The molecule has 1 aromatic carbocycles. The molecular weight excluding hydrogens is 268 g/mol. The minimum absolute atomic E-state index is 0.0729. The summed E-state index contributed by atoms with van der Waals surface area (Å²) in [5, 5.41) is 5.05. The molecule has 0 saturated carbocycles. The highest BCUT2D eigenvalue weighted by atomic mass is 32.1. The Morgan fingerprint density at radius 1 is 1.25 bits per heavy atom. The van der Waals surface area contributed by atoms with Gasteiger partial charge in [-0.2, -0.15) is 0 Å². The normalized spacial score (nSPS) is 10.4. The van der Waals surface area contributed by atoms with Crippen molar-refractivity contribution in [1.82, 2.24) is 5.32 Å². The van der Waals surface area contributed by atoms with E-state index in [-0.39, 0.29) is 5.91 Å². The predicted molar refractivity (Wildman–Crippen MR) is 84.7 cm³/mol. The van der Waals surface area contributed by atoms with Crippen LogP contribution in [0.2, 0.25) is 0 Å². The highest BCUT2D eigenvalue weighted by Gasteiger charge is 2.06. The summed E-state index contributed by atoms with van der Waals surface area (Å²) < 4.78 is 0. The SMILES string of the molecule is CCc1ccsc1CNC(=O)CCc1ccccc1N. The van der Waals surface area contributed by atoms with Gasteiger partial charge in [0.05, 0.1) is 6.54 Å². The van der Waals surface area contributed by atoms with Gasteiger partial charge in [-0.25, -0.2) is 0 Å². The van der Waals surface area contributed by atoms with Gasteiger partial charge in [0.2, 0.25) is 5.91 Å². The smallest absolute Gasteiger partial charge is 0.220 e. The summed E-state index contributed by atoms with van der Waals surface area (Å²) >= 11 is 1.70. The van der Waals surface area contributed by atoms with Gasteiger partial charge in [-0.15, -0.1) is 11.3 Å². The number of rotatable bonds is 6. The number of benzene rings is 1. The van der Waals surface area contributed by atoms with Crippen LogP contribution >= 0.6 is 11.3 Å². The van der Waals surface area contributed by atoms with Crippen LogP contribution in [0.15, 0.2) is 35.7 Å². The molecule has 0 unspecified atom stereocenters. The van der Waals surface area contributed by atoms with Gasteiger partial charge in [-0.05, 0) is 41.5 Å². The number of nitrogens with two attached hydrogens (primary N) is 1.